The Morgan fingerprint density at radius 1 is 0.225 bits per heavy atom. The van der Waals surface area contributed by atoms with Crippen molar-refractivity contribution in [2.24, 2.45) is 0 Å². The van der Waals surface area contributed by atoms with Gasteiger partial charge in [0.25, 0.3) is 0 Å². The van der Waals surface area contributed by atoms with E-state index in [9.17, 15) is 0 Å². The van der Waals surface area contributed by atoms with Gasteiger partial charge in [0.2, 0.25) is 0 Å². The van der Waals surface area contributed by atoms with Crippen LogP contribution in [0.4, 0.5) is 0 Å². The molecule has 0 aliphatic heterocycles. The van der Waals surface area contributed by atoms with Gasteiger partial charge in [-0.15, -0.1) is 0 Å². The van der Waals surface area contributed by atoms with Gasteiger partial charge in [0.1, 0.15) is 13.7 Å². The predicted molar refractivity (Wildman–Crippen MR) is 413 cm³/mol. The maximum atomic E-state index is 2.81. The Morgan fingerprint density at radius 3 is 0.525 bits per heavy atom. The topological polar surface area (TPSA) is 3.24 Å². The molecule has 28 heteroatoms. The fraction of sp³-hybridized carbons (Fsp3) is 1.00. The highest BCUT2D eigenvalue weighted by atomic mass is 127. The first-order valence-corrected chi connectivity index (χ1v) is 36.9. The number of nitrogens with zero attached hydrogens (tertiary/aromatic N) is 1. The van der Waals surface area contributed by atoms with Crippen molar-refractivity contribution in [2.45, 2.75) is 15.3 Å². The van der Waals surface area contributed by atoms with E-state index in [1.165, 1.54) is 0 Å². The lowest BCUT2D eigenvalue weighted by atomic mass is 10.1. The summed E-state index contributed by atoms with van der Waals surface area (Å²) in [6, 6.07) is 0. The molecule has 0 radical (unpaired) electrons. The van der Waals surface area contributed by atoms with Crippen molar-refractivity contribution < 1.29 is 0 Å². The molecule has 0 bridgehead atoms. The summed E-state index contributed by atoms with van der Waals surface area (Å²) >= 11 is 73.4. The molecular weight excluding hydrogens is 3580 g/mol. The minimum absolute atomic E-state index is 0.0258. The van der Waals surface area contributed by atoms with Gasteiger partial charge in [-0.3, -0.25) is 0 Å². The lowest BCUT2D eigenvalue weighted by molar-refractivity contribution is 0.609. The van der Waals surface area contributed by atoms with Crippen LogP contribution < -0.4 is 0 Å². The van der Waals surface area contributed by atoms with Crippen LogP contribution in [0.5, 0.6) is 0 Å². The Hall–Kier alpha value is 19.7. The van der Waals surface area contributed by atoms with Gasteiger partial charge in [0.05, 0.1) is 0 Å². The second-order valence-electron chi connectivity index (χ2n) is 7.02. The number of hydrogen-bond acceptors (Lipinski definition) is 1. The van der Waals surface area contributed by atoms with Gasteiger partial charge in [0, 0.05) is 45.7 Å². The van der Waals surface area contributed by atoms with Crippen LogP contribution in [0.3, 0.4) is 0 Å². The minimum Gasteiger partial charge on any atom is -0.160 e. The zero-order valence-corrected chi connectivity index (χ0v) is 74.9. The van der Waals surface area contributed by atoms with Crippen LogP contribution in [-0.4, -0.2) is 16.6 Å². The van der Waals surface area contributed by atoms with E-state index in [2.05, 4.69) is 612 Å². The average Bonchev–Trinajstić information content (AvgIpc) is 2.71. The summed E-state index contributed by atoms with van der Waals surface area (Å²) in [6.07, 6.45) is 0. The molecular formula is C12I27N. The first kappa shape index (κ1) is 59.7. The maximum Gasteiger partial charge on any atom is 0.168 e. The molecule has 0 aromatic heterocycles. The number of halogens is 27. The van der Waals surface area contributed by atoms with Crippen LogP contribution in [0.2, 0.25) is 0 Å². The molecule has 1 nitrogen and oxygen atoms in total. The quantitative estimate of drug-likeness (QED) is 0.0815. The van der Waals surface area contributed by atoms with E-state index in [1.54, 1.807) is 0 Å². The molecule has 0 rings (SSSR count). The summed E-state index contributed by atoms with van der Waals surface area (Å²) in [4.78, 5) is 0. The Balaban J connectivity index is 7.35. The molecule has 40 heavy (non-hydrogen) atoms. The molecule has 0 amide bonds. The highest BCUT2D eigenvalue weighted by Gasteiger charge is 2.81. The zero-order chi connectivity index (χ0) is 33.6. The summed E-state index contributed by atoms with van der Waals surface area (Å²) in [5, 5.41) is 0. The highest BCUT2D eigenvalue weighted by Crippen LogP contribution is 2.83. The van der Waals surface area contributed by atoms with Gasteiger partial charge < -0.3 is 0 Å². The molecule has 0 aliphatic rings. The molecule has 0 spiro atoms. The van der Waals surface area contributed by atoms with Gasteiger partial charge in [-0.1, -0.05) is 520 Å². The van der Waals surface area contributed by atoms with Crippen molar-refractivity contribution in [3.8, 4) is 0 Å². The number of alkyl halides is 25. The first-order valence-electron chi connectivity index (χ1n) is 8.04. The van der Waals surface area contributed by atoms with E-state index in [4.69, 9.17) is 0 Å². The van der Waals surface area contributed by atoms with Crippen molar-refractivity contribution in [1.29, 1.82) is 0 Å². The highest BCUT2D eigenvalue weighted by molar-refractivity contribution is 14.3. The van der Waals surface area contributed by atoms with E-state index < -0.39 is 0 Å². The molecule has 0 aliphatic carbocycles. The SMILES string of the molecule is IN(I)C(I)(I)C(I)(I)C(I)(I)C(I)(I)C(I)(I)C(I)(I)C(I)(I)C(I)(I)C(I)(I)C(I)(I)C(I)(I)C(I)(I)I. The van der Waals surface area contributed by atoms with Crippen LogP contribution in [0, 0.1) is 0 Å². The van der Waals surface area contributed by atoms with E-state index in [-0.39, 0.29) is 15.3 Å². The molecule has 0 N–H and O–H groups in total. The first-order chi connectivity index (χ1) is 16.7. The molecule has 0 atom stereocenters. The molecule has 0 aromatic carbocycles. The summed E-state index contributed by atoms with van der Waals surface area (Å²) in [7, 11) is 0. The third kappa shape index (κ3) is 11.9. The number of rotatable bonds is 12. The van der Waals surface area contributed by atoms with E-state index in [1.807, 2.05) is 0 Å². The van der Waals surface area contributed by atoms with Gasteiger partial charge in [-0.2, -0.15) is 1.33 Å². The maximum absolute atomic E-state index is 2.81. The van der Waals surface area contributed by atoms with Crippen LogP contribution in [-0.2, 0) is 0 Å². The molecule has 0 saturated carbocycles. The second kappa shape index (κ2) is 21.8. The van der Waals surface area contributed by atoms with Crippen LogP contribution in [0.25, 0.3) is 0 Å². The van der Waals surface area contributed by atoms with Gasteiger partial charge in [-0.05, 0) is 45.2 Å². The van der Waals surface area contributed by atoms with Gasteiger partial charge in [-0.25, -0.2) is 0 Å². The van der Waals surface area contributed by atoms with Crippen LogP contribution in [0.1, 0.15) is 0 Å². The Labute approximate surface area is 605 Å². The average molecular weight is 3580 g/mol. The molecule has 0 fully saturated rings. The van der Waals surface area contributed by atoms with Gasteiger partial charge in [0.15, 0.2) is 1.55 Å². The molecule has 0 saturated heterocycles. The Kier molecular flexibility index (Phi) is 32.5. The molecule has 0 unspecified atom stereocenters. The van der Waals surface area contributed by atoms with E-state index in [0.717, 1.165) is 0 Å². The van der Waals surface area contributed by atoms with Crippen molar-refractivity contribution >= 4 is 611 Å². The Bertz CT molecular complexity index is 920. The van der Waals surface area contributed by atoms with Crippen molar-refractivity contribution in [1.82, 2.24) is 1.33 Å². The summed E-state index contributed by atoms with van der Waals surface area (Å²) in [5.41, 5.74) is 0. The van der Waals surface area contributed by atoms with Gasteiger partial charge >= 0.3 is 0 Å². The molecule has 242 valence electrons. The standard InChI is InChI=1S/C12I27N/c13-1(14,3(17,18)5(21,22)7(25,26)9(29,30)11(33,34)35)2(15,16)4(19,20)6(23,24)8(27,28)10(31,32)12(36,37)40(38)39. The summed E-state index contributed by atoms with van der Waals surface area (Å²) < 4.78 is 0.790. The second-order valence-corrected chi connectivity index (χ2v) is 80.0. The number of hydrogen-bond donors (Lipinski definition) is 0. The Morgan fingerprint density at radius 2 is 0.375 bits per heavy atom. The van der Waals surface area contributed by atoms with Crippen molar-refractivity contribution in [3.05, 3.63) is 0 Å². The fourth-order valence-electron chi connectivity index (χ4n) is 2.05. The fourth-order valence-corrected chi connectivity index (χ4v) is 43.3. The zero-order valence-electron chi connectivity index (χ0n) is 16.7. The third-order valence-electron chi connectivity index (χ3n) is 4.50. The van der Waals surface area contributed by atoms with Crippen LogP contribution in [0.15, 0.2) is 0 Å². The lowest BCUT2D eigenvalue weighted by Crippen LogP contribution is -2.71. The normalized spacial score (nSPS) is 17.1. The minimum atomic E-state index is -0.179. The summed E-state index contributed by atoms with van der Waals surface area (Å²) in [6.45, 7) is 0. The van der Waals surface area contributed by atoms with Crippen molar-refractivity contribution in [3.63, 3.8) is 0 Å². The molecule has 0 heterocycles. The van der Waals surface area contributed by atoms with Crippen LogP contribution >= 0.6 is 611 Å². The van der Waals surface area contributed by atoms with E-state index >= 15 is 0 Å². The van der Waals surface area contributed by atoms with Crippen molar-refractivity contribution in [2.75, 3.05) is 0 Å². The summed E-state index contributed by atoms with van der Waals surface area (Å²) in [5.74, 6) is 0. The van der Waals surface area contributed by atoms with E-state index in [0.29, 0.717) is 0 Å². The predicted octanol–water partition coefficient (Wildman–Crippen LogP) is 21.1. The third-order valence-corrected chi connectivity index (χ3v) is 94.4. The smallest absolute Gasteiger partial charge is 0.160 e. The lowest BCUT2D eigenvalue weighted by Gasteiger charge is -2.61. The monoisotopic (exact) mass is 3580 g/mol. The largest absolute Gasteiger partial charge is 0.168 e. The molecule has 0 aromatic rings.